The van der Waals surface area contributed by atoms with Crippen LogP contribution < -0.4 is 11.1 Å². The summed E-state index contributed by atoms with van der Waals surface area (Å²) in [6.07, 6.45) is 0. The molecule has 0 aliphatic rings. The molecule has 5 heteroatoms. The van der Waals surface area contributed by atoms with Crippen molar-refractivity contribution in [2.45, 2.75) is 6.54 Å². The monoisotopic (exact) mass is 304 g/mol. The first-order chi connectivity index (χ1) is 9.70. The van der Waals surface area contributed by atoms with Crippen LogP contribution >= 0.6 is 22.9 Å². The van der Waals surface area contributed by atoms with Crippen molar-refractivity contribution >= 4 is 28.8 Å². The molecule has 0 saturated carbocycles. The number of carbonyl (C=O) groups is 1. The summed E-state index contributed by atoms with van der Waals surface area (Å²) in [6, 6.07) is 7.02. The number of nitrogens with one attached hydrogen (secondary N) is 1. The molecule has 0 fully saturated rings. The van der Waals surface area contributed by atoms with E-state index in [1.54, 1.807) is 29.5 Å². The van der Waals surface area contributed by atoms with Gasteiger partial charge in [0, 0.05) is 17.7 Å². The van der Waals surface area contributed by atoms with Crippen LogP contribution in [0.3, 0.4) is 0 Å². The zero-order valence-electron chi connectivity index (χ0n) is 10.7. The first kappa shape index (κ1) is 14.6. The molecule has 0 unspecified atom stereocenters. The standard InChI is InChI=1S/C15H13ClN2OS/c16-14-8-13(4-3-12(14)2-1-6-17)15(19)18-9-11-5-7-20-10-11/h3-5,7-8,10H,6,9,17H2,(H,18,19). The molecule has 3 N–H and O–H groups in total. The third-order valence-corrected chi connectivity index (χ3v) is 3.63. The molecule has 0 spiro atoms. The van der Waals surface area contributed by atoms with E-state index < -0.39 is 0 Å². The number of hydrogen-bond acceptors (Lipinski definition) is 3. The second-order valence-electron chi connectivity index (χ2n) is 4.01. The lowest BCUT2D eigenvalue weighted by molar-refractivity contribution is 0.0951. The number of nitrogens with two attached hydrogens (primary N) is 1. The highest BCUT2D eigenvalue weighted by molar-refractivity contribution is 7.07. The Kier molecular flexibility index (Phi) is 5.19. The van der Waals surface area contributed by atoms with Gasteiger partial charge >= 0.3 is 0 Å². The van der Waals surface area contributed by atoms with Gasteiger partial charge in [-0.2, -0.15) is 11.3 Å². The van der Waals surface area contributed by atoms with Crippen molar-refractivity contribution < 1.29 is 4.79 Å². The molecule has 0 saturated heterocycles. The van der Waals surface area contributed by atoms with Crippen molar-refractivity contribution in [1.82, 2.24) is 5.32 Å². The summed E-state index contributed by atoms with van der Waals surface area (Å²) in [5.74, 6) is 5.43. The predicted molar refractivity (Wildman–Crippen MR) is 82.9 cm³/mol. The van der Waals surface area contributed by atoms with Crippen LogP contribution in [0, 0.1) is 11.8 Å². The van der Waals surface area contributed by atoms with Crippen LogP contribution in [0.5, 0.6) is 0 Å². The van der Waals surface area contributed by atoms with Crippen molar-refractivity contribution in [3.8, 4) is 11.8 Å². The predicted octanol–water partition coefficient (Wildman–Crippen LogP) is 2.64. The van der Waals surface area contributed by atoms with Crippen LogP contribution in [0.1, 0.15) is 21.5 Å². The fourth-order valence-electron chi connectivity index (χ4n) is 1.58. The fourth-order valence-corrected chi connectivity index (χ4v) is 2.48. The Morgan fingerprint density at radius 3 is 2.90 bits per heavy atom. The summed E-state index contributed by atoms with van der Waals surface area (Å²) in [5.41, 5.74) is 7.58. The van der Waals surface area contributed by atoms with Crippen LogP contribution in [0.25, 0.3) is 0 Å². The second-order valence-corrected chi connectivity index (χ2v) is 5.20. The van der Waals surface area contributed by atoms with Gasteiger partial charge in [0.2, 0.25) is 0 Å². The van der Waals surface area contributed by atoms with Gasteiger partial charge in [0.25, 0.3) is 5.91 Å². The molecule has 0 atom stereocenters. The minimum Gasteiger partial charge on any atom is -0.348 e. The number of thiophene rings is 1. The van der Waals surface area contributed by atoms with Crippen LogP contribution in [0.2, 0.25) is 5.02 Å². The van der Waals surface area contributed by atoms with Crippen molar-refractivity contribution in [2.24, 2.45) is 5.73 Å². The van der Waals surface area contributed by atoms with E-state index >= 15 is 0 Å². The van der Waals surface area contributed by atoms with E-state index in [2.05, 4.69) is 17.2 Å². The van der Waals surface area contributed by atoms with Crippen LogP contribution in [0.4, 0.5) is 0 Å². The molecule has 0 radical (unpaired) electrons. The molecule has 1 amide bonds. The molecule has 1 aromatic carbocycles. The summed E-state index contributed by atoms with van der Waals surface area (Å²) >= 11 is 7.69. The van der Waals surface area contributed by atoms with E-state index in [1.165, 1.54) is 0 Å². The highest BCUT2D eigenvalue weighted by atomic mass is 35.5. The first-order valence-corrected chi connectivity index (χ1v) is 7.30. The molecular formula is C15H13ClN2OS. The smallest absolute Gasteiger partial charge is 0.251 e. The van der Waals surface area contributed by atoms with Gasteiger partial charge in [-0.1, -0.05) is 23.4 Å². The van der Waals surface area contributed by atoms with Gasteiger partial charge in [0.05, 0.1) is 11.6 Å². The maximum atomic E-state index is 12.0. The topological polar surface area (TPSA) is 55.1 Å². The number of amides is 1. The summed E-state index contributed by atoms with van der Waals surface area (Å²) in [4.78, 5) is 12.0. The van der Waals surface area contributed by atoms with Gasteiger partial charge in [-0.15, -0.1) is 0 Å². The number of carbonyl (C=O) groups excluding carboxylic acids is 1. The molecule has 0 aliphatic heterocycles. The molecule has 102 valence electrons. The summed E-state index contributed by atoms with van der Waals surface area (Å²) in [6.45, 7) is 0.786. The van der Waals surface area contributed by atoms with Crippen molar-refractivity contribution in [3.63, 3.8) is 0 Å². The van der Waals surface area contributed by atoms with E-state index in [0.717, 1.165) is 5.56 Å². The van der Waals surface area contributed by atoms with Crippen molar-refractivity contribution in [1.29, 1.82) is 0 Å². The highest BCUT2D eigenvalue weighted by Gasteiger charge is 2.07. The third kappa shape index (κ3) is 3.84. The van der Waals surface area contributed by atoms with Gasteiger partial charge in [0.15, 0.2) is 0 Å². The van der Waals surface area contributed by atoms with Gasteiger partial charge in [0.1, 0.15) is 0 Å². The van der Waals surface area contributed by atoms with E-state index in [-0.39, 0.29) is 12.5 Å². The van der Waals surface area contributed by atoms with Gasteiger partial charge in [-0.3, -0.25) is 4.79 Å². The minimum atomic E-state index is -0.156. The Balaban J connectivity index is 2.05. The first-order valence-electron chi connectivity index (χ1n) is 5.98. The lowest BCUT2D eigenvalue weighted by Gasteiger charge is -2.05. The average molecular weight is 305 g/mol. The average Bonchev–Trinajstić information content (AvgIpc) is 2.96. The van der Waals surface area contributed by atoms with Gasteiger partial charge < -0.3 is 11.1 Å². The van der Waals surface area contributed by atoms with Gasteiger partial charge in [-0.25, -0.2) is 0 Å². The minimum absolute atomic E-state index is 0.156. The fraction of sp³-hybridized carbons (Fsp3) is 0.133. The van der Waals surface area contributed by atoms with E-state index in [4.69, 9.17) is 17.3 Å². The quantitative estimate of drug-likeness (QED) is 0.857. The Morgan fingerprint density at radius 1 is 1.40 bits per heavy atom. The zero-order valence-corrected chi connectivity index (χ0v) is 12.2. The van der Waals surface area contributed by atoms with E-state index in [1.807, 2.05) is 16.8 Å². The third-order valence-electron chi connectivity index (χ3n) is 2.59. The Labute approximate surface area is 126 Å². The van der Waals surface area contributed by atoms with Crippen LogP contribution in [-0.4, -0.2) is 12.5 Å². The lowest BCUT2D eigenvalue weighted by atomic mass is 10.1. The molecule has 3 nitrogen and oxygen atoms in total. The maximum absolute atomic E-state index is 12.0. The van der Waals surface area contributed by atoms with E-state index in [9.17, 15) is 4.79 Å². The van der Waals surface area contributed by atoms with E-state index in [0.29, 0.717) is 22.7 Å². The number of hydrogen-bond donors (Lipinski definition) is 2. The molecular weight excluding hydrogens is 292 g/mol. The summed E-state index contributed by atoms with van der Waals surface area (Å²) < 4.78 is 0. The molecule has 0 aliphatic carbocycles. The molecule has 2 aromatic rings. The molecule has 20 heavy (non-hydrogen) atoms. The molecule has 1 aromatic heterocycles. The van der Waals surface area contributed by atoms with Crippen molar-refractivity contribution in [3.05, 3.63) is 56.7 Å². The molecule has 2 rings (SSSR count). The molecule has 1 heterocycles. The number of benzene rings is 1. The van der Waals surface area contributed by atoms with Crippen molar-refractivity contribution in [2.75, 3.05) is 6.54 Å². The Bertz CT molecular complexity index is 656. The summed E-state index contributed by atoms with van der Waals surface area (Å²) in [7, 11) is 0. The van der Waals surface area contributed by atoms with Crippen LogP contribution in [-0.2, 0) is 6.54 Å². The zero-order chi connectivity index (χ0) is 14.4. The Hall–Kier alpha value is -1.80. The highest BCUT2D eigenvalue weighted by Crippen LogP contribution is 2.17. The number of rotatable bonds is 3. The summed E-state index contributed by atoms with van der Waals surface area (Å²) in [5, 5.41) is 7.27. The SMILES string of the molecule is NCC#Cc1ccc(C(=O)NCc2ccsc2)cc1Cl. The van der Waals surface area contributed by atoms with Gasteiger partial charge in [-0.05, 0) is 40.6 Å². The van der Waals surface area contributed by atoms with Crippen LogP contribution in [0.15, 0.2) is 35.0 Å². The second kappa shape index (κ2) is 7.11. The Morgan fingerprint density at radius 2 is 2.25 bits per heavy atom. The lowest BCUT2D eigenvalue weighted by Crippen LogP contribution is -2.22. The normalized spacial score (nSPS) is 9.70. The maximum Gasteiger partial charge on any atom is 0.251 e. The molecule has 0 bridgehead atoms. The number of halogens is 1. The largest absolute Gasteiger partial charge is 0.348 e.